The molecule has 3 aromatic rings. The third kappa shape index (κ3) is 3.71. The maximum absolute atomic E-state index is 13.3. The van der Waals surface area contributed by atoms with E-state index in [-0.39, 0.29) is 23.4 Å². The first-order chi connectivity index (χ1) is 11.9. The van der Waals surface area contributed by atoms with Crippen molar-refractivity contribution in [2.75, 3.05) is 0 Å². The van der Waals surface area contributed by atoms with Gasteiger partial charge >= 0.3 is 0 Å². The van der Waals surface area contributed by atoms with Gasteiger partial charge in [0.25, 0.3) is 5.91 Å². The van der Waals surface area contributed by atoms with Crippen molar-refractivity contribution >= 4 is 5.91 Å². The number of amides is 1. The maximum atomic E-state index is 13.3. The Hall–Kier alpha value is -3.09. The highest BCUT2D eigenvalue weighted by Gasteiger charge is 2.15. The Labute approximate surface area is 143 Å². The van der Waals surface area contributed by atoms with E-state index in [4.69, 9.17) is 0 Å². The Morgan fingerprint density at radius 1 is 1.16 bits per heavy atom. The Morgan fingerprint density at radius 3 is 2.56 bits per heavy atom. The summed E-state index contributed by atoms with van der Waals surface area (Å²) in [7, 11) is 0. The van der Waals surface area contributed by atoms with E-state index in [1.165, 1.54) is 29.1 Å². The molecular weight excluding hydrogens is 326 g/mol. The second-order valence-corrected chi connectivity index (χ2v) is 5.73. The molecule has 1 N–H and O–H groups in total. The van der Waals surface area contributed by atoms with E-state index in [0.29, 0.717) is 11.3 Å². The Kier molecular flexibility index (Phi) is 4.56. The van der Waals surface area contributed by atoms with Gasteiger partial charge in [0.05, 0.1) is 17.9 Å². The maximum Gasteiger partial charge on any atom is 0.273 e. The molecule has 7 heteroatoms. The molecule has 0 bridgehead atoms. The van der Waals surface area contributed by atoms with Crippen LogP contribution in [-0.4, -0.2) is 20.9 Å². The first-order valence-electron chi connectivity index (χ1n) is 7.69. The zero-order valence-corrected chi connectivity index (χ0v) is 13.7. The quantitative estimate of drug-likeness (QED) is 0.791. The molecule has 0 saturated heterocycles. The molecule has 0 fully saturated rings. The number of hydrogen-bond acceptors (Lipinski definition) is 3. The Morgan fingerprint density at radius 2 is 1.88 bits per heavy atom. The molecule has 25 heavy (non-hydrogen) atoms. The van der Waals surface area contributed by atoms with Gasteiger partial charge in [-0.15, -0.1) is 5.10 Å². The van der Waals surface area contributed by atoms with Gasteiger partial charge in [0.2, 0.25) is 0 Å². The summed E-state index contributed by atoms with van der Waals surface area (Å²) in [4.78, 5) is 12.3. The fourth-order valence-corrected chi connectivity index (χ4v) is 2.37. The van der Waals surface area contributed by atoms with Crippen molar-refractivity contribution in [1.82, 2.24) is 20.3 Å². The first-order valence-corrected chi connectivity index (χ1v) is 7.69. The molecule has 3 rings (SSSR count). The minimum Gasteiger partial charge on any atom is -0.344 e. The van der Waals surface area contributed by atoms with Crippen LogP contribution in [0.1, 0.15) is 34.6 Å². The lowest BCUT2D eigenvalue weighted by Crippen LogP contribution is -2.27. The van der Waals surface area contributed by atoms with Gasteiger partial charge in [-0.2, -0.15) is 0 Å². The number of rotatable bonds is 4. The van der Waals surface area contributed by atoms with E-state index in [0.717, 1.165) is 5.56 Å². The molecule has 1 heterocycles. The van der Waals surface area contributed by atoms with E-state index in [1.54, 1.807) is 38.1 Å². The average Bonchev–Trinajstić information content (AvgIpc) is 3.08. The molecule has 0 aliphatic rings. The van der Waals surface area contributed by atoms with Crippen molar-refractivity contribution in [3.8, 4) is 5.69 Å². The predicted octanol–water partition coefficient (Wildman–Crippen LogP) is 3.34. The third-order valence-corrected chi connectivity index (χ3v) is 3.85. The highest BCUT2D eigenvalue weighted by Crippen LogP contribution is 2.15. The second-order valence-electron chi connectivity index (χ2n) is 5.73. The average molecular weight is 342 g/mol. The van der Waals surface area contributed by atoms with Crippen molar-refractivity contribution in [3.63, 3.8) is 0 Å². The summed E-state index contributed by atoms with van der Waals surface area (Å²) in [6, 6.07) is 10.1. The van der Waals surface area contributed by atoms with Gasteiger partial charge in [0.1, 0.15) is 11.6 Å². The molecule has 128 valence electrons. The fraction of sp³-hybridized carbons (Fsp3) is 0.167. The van der Waals surface area contributed by atoms with Gasteiger partial charge in [-0.05, 0) is 55.3 Å². The smallest absolute Gasteiger partial charge is 0.273 e. The number of halogens is 2. The van der Waals surface area contributed by atoms with Crippen LogP contribution in [0.4, 0.5) is 8.78 Å². The molecule has 0 saturated carbocycles. The van der Waals surface area contributed by atoms with Crippen LogP contribution in [0.3, 0.4) is 0 Å². The molecule has 1 aromatic heterocycles. The topological polar surface area (TPSA) is 59.8 Å². The van der Waals surface area contributed by atoms with E-state index in [9.17, 15) is 13.6 Å². The lowest BCUT2D eigenvalue weighted by Gasteiger charge is -2.13. The van der Waals surface area contributed by atoms with Crippen LogP contribution in [0.25, 0.3) is 5.69 Å². The molecular formula is C18H16F2N4O. The van der Waals surface area contributed by atoms with Crippen LogP contribution in [0, 0.1) is 18.6 Å². The second kappa shape index (κ2) is 6.80. The summed E-state index contributed by atoms with van der Waals surface area (Å²) in [6.45, 7) is 3.44. The number of nitrogens with one attached hydrogen (secondary N) is 1. The van der Waals surface area contributed by atoms with Crippen LogP contribution in [0.5, 0.6) is 0 Å². The number of aromatic nitrogens is 3. The summed E-state index contributed by atoms with van der Waals surface area (Å²) in [5.41, 5.74) is 1.99. The van der Waals surface area contributed by atoms with E-state index in [2.05, 4.69) is 15.6 Å². The monoisotopic (exact) mass is 342 g/mol. The molecule has 0 aliphatic carbocycles. The van der Waals surface area contributed by atoms with Gasteiger partial charge in [0.15, 0.2) is 5.69 Å². The Bertz CT molecular complexity index is 906. The lowest BCUT2D eigenvalue weighted by atomic mass is 10.1. The summed E-state index contributed by atoms with van der Waals surface area (Å²) in [5, 5.41) is 10.5. The summed E-state index contributed by atoms with van der Waals surface area (Å²) in [6.07, 6.45) is 1.47. The molecule has 1 amide bonds. The molecule has 2 aromatic carbocycles. The highest BCUT2D eigenvalue weighted by molar-refractivity contribution is 5.92. The fourth-order valence-electron chi connectivity index (χ4n) is 2.37. The van der Waals surface area contributed by atoms with Crippen LogP contribution in [0.2, 0.25) is 0 Å². The molecule has 0 unspecified atom stereocenters. The van der Waals surface area contributed by atoms with Crippen molar-refractivity contribution in [1.29, 1.82) is 0 Å². The standard InChI is InChI=1S/C18H16F2N4O/c1-11-9-15(7-8-16(11)20)24-10-17(22-23-24)18(25)21-12(2)13-3-5-14(19)6-4-13/h3-10,12H,1-2H3,(H,21,25)/t12-/m0/s1. The summed E-state index contributed by atoms with van der Waals surface area (Å²) < 4.78 is 27.7. The number of carbonyl (C=O) groups is 1. The first kappa shape index (κ1) is 16.8. The van der Waals surface area contributed by atoms with Gasteiger partial charge in [-0.25, -0.2) is 13.5 Å². The number of benzene rings is 2. The minimum atomic E-state index is -0.401. The largest absolute Gasteiger partial charge is 0.344 e. The van der Waals surface area contributed by atoms with Crippen LogP contribution < -0.4 is 5.32 Å². The highest BCUT2D eigenvalue weighted by atomic mass is 19.1. The number of carbonyl (C=O) groups excluding carboxylic acids is 1. The molecule has 1 atom stereocenters. The number of nitrogens with zero attached hydrogens (tertiary/aromatic N) is 3. The van der Waals surface area contributed by atoms with Crippen molar-refractivity contribution < 1.29 is 13.6 Å². The molecule has 0 spiro atoms. The van der Waals surface area contributed by atoms with Gasteiger partial charge in [-0.3, -0.25) is 4.79 Å². The minimum absolute atomic E-state index is 0.135. The van der Waals surface area contributed by atoms with Crippen molar-refractivity contribution in [2.24, 2.45) is 0 Å². The van der Waals surface area contributed by atoms with Crippen LogP contribution in [0.15, 0.2) is 48.7 Å². The van der Waals surface area contributed by atoms with Gasteiger partial charge < -0.3 is 5.32 Å². The zero-order valence-electron chi connectivity index (χ0n) is 13.7. The molecule has 0 aliphatic heterocycles. The van der Waals surface area contributed by atoms with Crippen molar-refractivity contribution in [3.05, 3.63) is 77.1 Å². The predicted molar refractivity (Wildman–Crippen MR) is 88.3 cm³/mol. The van der Waals surface area contributed by atoms with Crippen LogP contribution in [-0.2, 0) is 0 Å². The third-order valence-electron chi connectivity index (χ3n) is 3.85. The van der Waals surface area contributed by atoms with Gasteiger partial charge in [-0.1, -0.05) is 17.3 Å². The van der Waals surface area contributed by atoms with E-state index >= 15 is 0 Å². The summed E-state index contributed by atoms with van der Waals surface area (Å²) in [5.74, 6) is -1.04. The lowest BCUT2D eigenvalue weighted by molar-refractivity contribution is 0.0934. The molecule has 0 radical (unpaired) electrons. The van der Waals surface area contributed by atoms with E-state index in [1.807, 2.05) is 0 Å². The zero-order chi connectivity index (χ0) is 18.0. The van der Waals surface area contributed by atoms with Crippen LogP contribution >= 0.6 is 0 Å². The number of aryl methyl sites for hydroxylation is 1. The normalized spacial score (nSPS) is 12.0. The van der Waals surface area contributed by atoms with Crippen molar-refractivity contribution in [2.45, 2.75) is 19.9 Å². The summed E-state index contributed by atoms with van der Waals surface area (Å²) >= 11 is 0. The van der Waals surface area contributed by atoms with E-state index < -0.39 is 5.91 Å². The molecule has 5 nitrogen and oxygen atoms in total. The SMILES string of the molecule is Cc1cc(-n2cc(C(=O)N[C@@H](C)c3ccc(F)cc3)nn2)ccc1F. The Balaban J connectivity index is 1.74. The number of hydrogen-bond donors (Lipinski definition) is 1. The van der Waals surface area contributed by atoms with Gasteiger partial charge in [0, 0.05) is 0 Å².